The number of rotatable bonds is 4. The van der Waals surface area contributed by atoms with Crippen molar-refractivity contribution in [1.29, 1.82) is 0 Å². The first-order valence-electron chi connectivity index (χ1n) is 10.3. The Bertz CT molecular complexity index is 887. The molecule has 6 heteroatoms. The van der Waals surface area contributed by atoms with Gasteiger partial charge in [0.05, 0.1) is 5.69 Å². The van der Waals surface area contributed by atoms with Crippen LogP contribution >= 0.6 is 0 Å². The Morgan fingerprint density at radius 1 is 0.897 bits per heavy atom. The molecule has 2 aromatic carbocycles. The number of carbonyl (C=O) groups is 2. The van der Waals surface area contributed by atoms with E-state index < -0.39 is 0 Å². The Morgan fingerprint density at radius 3 is 2.31 bits per heavy atom. The number of carbonyl (C=O) groups excluding carboxylic acids is 2. The van der Waals surface area contributed by atoms with Gasteiger partial charge in [0, 0.05) is 43.3 Å². The molecular weight excluding hydrogens is 369 g/mol. The second-order valence-corrected chi connectivity index (χ2v) is 7.77. The maximum Gasteiger partial charge on any atom is 0.253 e. The Labute approximate surface area is 170 Å². The van der Waals surface area contributed by atoms with Crippen molar-refractivity contribution in [3.05, 3.63) is 65.5 Å². The minimum absolute atomic E-state index is 0.0892. The van der Waals surface area contributed by atoms with Gasteiger partial charge in [-0.3, -0.25) is 9.59 Å². The highest BCUT2D eigenvalue weighted by molar-refractivity contribution is 5.99. The third-order valence-electron chi connectivity index (χ3n) is 5.82. The molecule has 0 radical (unpaired) electrons. The molecule has 1 N–H and O–H groups in total. The number of amides is 2. The van der Waals surface area contributed by atoms with Crippen molar-refractivity contribution in [3.63, 3.8) is 0 Å². The summed E-state index contributed by atoms with van der Waals surface area (Å²) in [6, 6.07) is 13.9. The lowest BCUT2D eigenvalue weighted by molar-refractivity contribution is 0.0746. The van der Waals surface area contributed by atoms with Crippen LogP contribution in [0.15, 0.2) is 48.5 Å². The molecule has 0 unspecified atom stereocenters. The number of hydrogen-bond acceptors (Lipinski definition) is 3. The molecule has 2 aliphatic rings. The molecule has 2 aromatic rings. The van der Waals surface area contributed by atoms with Crippen molar-refractivity contribution in [2.24, 2.45) is 0 Å². The second kappa shape index (κ2) is 8.64. The third-order valence-corrected chi connectivity index (χ3v) is 5.82. The Balaban J connectivity index is 1.38. The number of hydrogen-bond donors (Lipinski definition) is 1. The van der Waals surface area contributed by atoms with Crippen LogP contribution in [0.4, 0.5) is 10.1 Å². The largest absolute Gasteiger partial charge is 0.366 e. The molecule has 0 aromatic heterocycles. The first kappa shape index (κ1) is 19.4. The fourth-order valence-electron chi connectivity index (χ4n) is 4.17. The van der Waals surface area contributed by atoms with Crippen molar-refractivity contribution >= 4 is 17.5 Å². The van der Waals surface area contributed by atoms with Gasteiger partial charge in [0.15, 0.2) is 0 Å². The molecule has 5 nitrogen and oxygen atoms in total. The van der Waals surface area contributed by atoms with E-state index in [-0.39, 0.29) is 23.7 Å². The molecule has 29 heavy (non-hydrogen) atoms. The van der Waals surface area contributed by atoms with Gasteiger partial charge in [-0.05, 0) is 43.2 Å². The summed E-state index contributed by atoms with van der Waals surface area (Å²) in [6.45, 7) is 2.19. The van der Waals surface area contributed by atoms with Crippen LogP contribution in [-0.4, -0.2) is 48.9 Å². The van der Waals surface area contributed by atoms with Crippen LogP contribution in [0, 0.1) is 5.82 Å². The molecule has 1 aliphatic carbocycles. The van der Waals surface area contributed by atoms with E-state index in [4.69, 9.17) is 0 Å². The molecule has 0 spiro atoms. The number of nitrogens with one attached hydrogen (secondary N) is 1. The van der Waals surface area contributed by atoms with Gasteiger partial charge >= 0.3 is 0 Å². The summed E-state index contributed by atoms with van der Waals surface area (Å²) >= 11 is 0. The zero-order valence-corrected chi connectivity index (χ0v) is 16.4. The molecule has 4 rings (SSSR count). The quantitative estimate of drug-likeness (QED) is 0.863. The Kier molecular flexibility index (Phi) is 5.79. The molecule has 152 valence electrons. The van der Waals surface area contributed by atoms with Gasteiger partial charge in [-0.2, -0.15) is 0 Å². The van der Waals surface area contributed by atoms with Crippen LogP contribution in [0.1, 0.15) is 46.4 Å². The topological polar surface area (TPSA) is 52.7 Å². The van der Waals surface area contributed by atoms with E-state index in [1.165, 1.54) is 6.07 Å². The first-order valence-corrected chi connectivity index (χ1v) is 10.3. The summed E-state index contributed by atoms with van der Waals surface area (Å²) in [6.07, 6.45) is 4.36. The number of halogens is 1. The normalized spacial score (nSPS) is 17.4. The van der Waals surface area contributed by atoms with Gasteiger partial charge < -0.3 is 15.1 Å². The number of anilines is 1. The van der Waals surface area contributed by atoms with Crippen LogP contribution in [0.5, 0.6) is 0 Å². The highest BCUT2D eigenvalue weighted by Crippen LogP contribution is 2.21. The summed E-state index contributed by atoms with van der Waals surface area (Å²) in [5.74, 6) is -0.446. The van der Waals surface area contributed by atoms with Crippen LogP contribution in [0.25, 0.3) is 0 Å². The van der Waals surface area contributed by atoms with E-state index in [0.717, 1.165) is 25.7 Å². The van der Waals surface area contributed by atoms with Gasteiger partial charge in [0.2, 0.25) is 0 Å². The minimum Gasteiger partial charge on any atom is -0.366 e. The fraction of sp³-hybridized carbons (Fsp3) is 0.391. The summed E-state index contributed by atoms with van der Waals surface area (Å²) in [5, 5.41) is 3.06. The highest BCUT2D eigenvalue weighted by Gasteiger charge is 2.24. The van der Waals surface area contributed by atoms with Gasteiger partial charge in [-0.1, -0.05) is 31.0 Å². The van der Waals surface area contributed by atoms with E-state index in [1.54, 1.807) is 41.3 Å². The van der Waals surface area contributed by atoms with Gasteiger partial charge in [-0.25, -0.2) is 4.39 Å². The molecule has 1 saturated heterocycles. The van der Waals surface area contributed by atoms with Crippen LogP contribution in [0.2, 0.25) is 0 Å². The number of benzene rings is 2. The average molecular weight is 395 g/mol. The van der Waals surface area contributed by atoms with Crippen molar-refractivity contribution in [2.75, 3.05) is 31.1 Å². The fourth-order valence-corrected chi connectivity index (χ4v) is 4.17. The van der Waals surface area contributed by atoms with Gasteiger partial charge in [0.1, 0.15) is 5.82 Å². The smallest absolute Gasteiger partial charge is 0.253 e. The summed E-state index contributed by atoms with van der Waals surface area (Å²) in [7, 11) is 0. The van der Waals surface area contributed by atoms with Crippen molar-refractivity contribution in [3.8, 4) is 0 Å². The number of nitrogens with zero attached hydrogens (tertiary/aromatic N) is 2. The van der Waals surface area contributed by atoms with Gasteiger partial charge in [0.25, 0.3) is 11.8 Å². The molecule has 1 saturated carbocycles. The van der Waals surface area contributed by atoms with E-state index in [9.17, 15) is 14.0 Å². The predicted molar refractivity (Wildman–Crippen MR) is 111 cm³/mol. The molecule has 1 aliphatic heterocycles. The second-order valence-electron chi connectivity index (χ2n) is 7.77. The Morgan fingerprint density at radius 2 is 1.59 bits per heavy atom. The zero-order valence-electron chi connectivity index (χ0n) is 16.4. The van der Waals surface area contributed by atoms with Crippen molar-refractivity contribution < 1.29 is 14.0 Å². The maximum atomic E-state index is 14.0. The zero-order chi connectivity index (χ0) is 20.2. The van der Waals surface area contributed by atoms with Crippen molar-refractivity contribution in [1.82, 2.24) is 10.2 Å². The standard InChI is InChI=1S/C23H26FN3O2/c24-20-10-3-4-11-21(20)26-12-14-27(15-13-26)23(29)18-7-5-6-17(16-18)22(28)25-19-8-1-2-9-19/h3-7,10-11,16,19H,1-2,8-9,12-15H2,(H,25,28). The van der Waals surface area contributed by atoms with Gasteiger partial charge in [-0.15, -0.1) is 0 Å². The average Bonchev–Trinajstić information content (AvgIpc) is 3.27. The minimum atomic E-state index is -0.242. The third kappa shape index (κ3) is 4.42. The van der Waals surface area contributed by atoms with Crippen molar-refractivity contribution in [2.45, 2.75) is 31.7 Å². The molecule has 0 atom stereocenters. The lowest BCUT2D eigenvalue weighted by Gasteiger charge is -2.36. The van der Waals surface area contributed by atoms with E-state index in [0.29, 0.717) is 43.0 Å². The molecular formula is C23H26FN3O2. The van der Waals surface area contributed by atoms with Crippen LogP contribution in [-0.2, 0) is 0 Å². The molecule has 2 fully saturated rings. The van der Waals surface area contributed by atoms with E-state index >= 15 is 0 Å². The van der Waals surface area contributed by atoms with Crippen LogP contribution in [0.3, 0.4) is 0 Å². The summed E-state index contributed by atoms with van der Waals surface area (Å²) in [4.78, 5) is 29.2. The first-order chi connectivity index (χ1) is 14.1. The van der Waals surface area contributed by atoms with E-state index in [1.807, 2.05) is 11.0 Å². The maximum absolute atomic E-state index is 14.0. The highest BCUT2D eigenvalue weighted by atomic mass is 19.1. The summed E-state index contributed by atoms with van der Waals surface area (Å²) < 4.78 is 14.0. The molecule has 0 bridgehead atoms. The lowest BCUT2D eigenvalue weighted by atomic mass is 10.1. The van der Waals surface area contributed by atoms with Crippen LogP contribution < -0.4 is 10.2 Å². The van der Waals surface area contributed by atoms with E-state index in [2.05, 4.69) is 5.32 Å². The Hall–Kier alpha value is -2.89. The molecule has 1 heterocycles. The summed E-state index contributed by atoms with van der Waals surface area (Å²) in [5.41, 5.74) is 1.61. The predicted octanol–water partition coefficient (Wildman–Crippen LogP) is 3.46. The lowest BCUT2D eigenvalue weighted by Crippen LogP contribution is -2.49. The number of piperazine rings is 1. The monoisotopic (exact) mass is 395 g/mol. The SMILES string of the molecule is O=C(NC1CCCC1)c1cccc(C(=O)N2CCN(c3ccccc3F)CC2)c1. The number of para-hydroxylation sites is 1. The molecule has 2 amide bonds.